The molecule has 2 amide bonds. The van der Waals surface area contributed by atoms with Crippen molar-refractivity contribution >= 4 is 17.5 Å². The van der Waals surface area contributed by atoms with Crippen molar-refractivity contribution in [1.82, 2.24) is 9.47 Å². The summed E-state index contributed by atoms with van der Waals surface area (Å²) in [6, 6.07) is 13.1. The molecule has 3 heterocycles. The summed E-state index contributed by atoms with van der Waals surface area (Å²) in [5.74, 6) is -0.989. The lowest BCUT2D eigenvalue weighted by molar-refractivity contribution is -0.141. The first-order valence-electron chi connectivity index (χ1n) is 10.1. The summed E-state index contributed by atoms with van der Waals surface area (Å²) < 4.78 is 1.68. The number of fused-ring (bicyclic) bond motifs is 3. The lowest BCUT2D eigenvalue weighted by Crippen LogP contribution is -2.48. The predicted molar refractivity (Wildman–Crippen MR) is 106 cm³/mol. The number of likely N-dealkylation sites (tertiary alicyclic amines) is 1. The molecule has 1 aliphatic carbocycles. The van der Waals surface area contributed by atoms with Gasteiger partial charge in [0, 0.05) is 48.4 Å². The molecule has 5 rings (SSSR count). The zero-order chi connectivity index (χ0) is 20.1. The fourth-order valence-corrected chi connectivity index (χ4v) is 4.96. The number of amides is 2. The number of benzene rings is 1. The third kappa shape index (κ3) is 2.88. The van der Waals surface area contributed by atoms with Crippen LogP contribution in [-0.2, 0) is 16.1 Å². The maximum atomic E-state index is 13.3. The summed E-state index contributed by atoms with van der Waals surface area (Å²) in [6.07, 6.45) is 1.65. The number of carbonyl (C=O) groups is 2. The molecule has 0 bridgehead atoms. The number of hydrogen-bond acceptors (Lipinski definition) is 4. The number of aliphatic hydroxyl groups is 1. The molecule has 7 nitrogen and oxygen atoms in total. The Morgan fingerprint density at radius 3 is 2.52 bits per heavy atom. The number of anilines is 1. The van der Waals surface area contributed by atoms with Gasteiger partial charge in [-0.1, -0.05) is 24.3 Å². The number of nitrogens with zero attached hydrogens (tertiary/aromatic N) is 2. The van der Waals surface area contributed by atoms with Crippen molar-refractivity contribution < 1.29 is 14.7 Å². The van der Waals surface area contributed by atoms with Gasteiger partial charge >= 0.3 is 0 Å². The van der Waals surface area contributed by atoms with Crippen molar-refractivity contribution in [2.45, 2.75) is 31.5 Å². The Kier molecular flexibility index (Phi) is 4.28. The molecule has 7 heteroatoms. The van der Waals surface area contributed by atoms with Gasteiger partial charge in [-0.05, 0) is 31.0 Å². The molecule has 2 N–H and O–H groups in total. The van der Waals surface area contributed by atoms with Crippen LogP contribution in [0.3, 0.4) is 0 Å². The highest BCUT2D eigenvalue weighted by atomic mass is 16.3. The first kappa shape index (κ1) is 18.1. The quantitative estimate of drug-likeness (QED) is 0.821. The highest BCUT2D eigenvalue weighted by Crippen LogP contribution is 2.51. The molecule has 1 saturated heterocycles. The van der Waals surface area contributed by atoms with E-state index in [1.54, 1.807) is 27.7 Å². The van der Waals surface area contributed by atoms with Gasteiger partial charge in [0.2, 0.25) is 11.8 Å². The van der Waals surface area contributed by atoms with Crippen LogP contribution in [0, 0.1) is 17.8 Å². The smallest absolute Gasteiger partial charge is 0.250 e. The molecule has 2 aromatic rings. The van der Waals surface area contributed by atoms with Crippen LogP contribution in [0.2, 0.25) is 0 Å². The number of aromatic nitrogens is 1. The number of aliphatic hydroxyl groups excluding tert-OH is 1. The van der Waals surface area contributed by atoms with Gasteiger partial charge in [-0.25, -0.2) is 0 Å². The lowest BCUT2D eigenvalue weighted by Gasteiger charge is -2.31. The Balaban J connectivity index is 1.55. The van der Waals surface area contributed by atoms with Crippen molar-refractivity contribution in [3.8, 4) is 0 Å². The maximum Gasteiger partial charge on any atom is 0.250 e. The number of hydrogen-bond donors (Lipinski definition) is 2. The fraction of sp³-hybridized carbons (Fsp3) is 0.409. The molecular formula is C22H23N3O4. The van der Waals surface area contributed by atoms with E-state index >= 15 is 0 Å². The fourth-order valence-electron chi connectivity index (χ4n) is 4.96. The standard InChI is InChI=1S/C22H23N3O4/c26-12-16-15-11-24-17(7-4-8-18(24)27)19(15)25(22(29)13-9-10-13)20(16)21(28)23-14-5-2-1-3-6-14/h1-8,13,15-16,19-20,26H,9-12H2,(H,23,28)/t15-,16-,19+,20-/m0/s1. The van der Waals surface area contributed by atoms with Crippen molar-refractivity contribution in [3.63, 3.8) is 0 Å². The van der Waals surface area contributed by atoms with Gasteiger partial charge in [-0.2, -0.15) is 0 Å². The number of carbonyl (C=O) groups excluding carboxylic acids is 2. The summed E-state index contributed by atoms with van der Waals surface area (Å²) in [4.78, 5) is 40.5. The second kappa shape index (κ2) is 6.84. The topological polar surface area (TPSA) is 91.6 Å². The number of para-hydroxylation sites is 1. The van der Waals surface area contributed by atoms with Crippen LogP contribution in [0.1, 0.15) is 24.6 Å². The third-order valence-corrected chi connectivity index (χ3v) is 6.44. The van der Waals surface area contributed by atoms with Crippen LogP contribution < -0.4 is 10.9 Å². The van der Waals surface area contributed by atoms with Crippen molar-refractivity contribution in [3.05, 3.63) is 64.6 Å². The first-order valence-corrected chi connectivity index (χ1v) is 10.1. The molecule has 1 saturated carbocycles. The monoisotopic (exact) mass is 393 g/mol. The highest BCUT2D eigenvalue weighted by Gasteiger charge is 2.58. The number of pyridine rings is 1. The second-order valence-electron chi connectivity index (χ2n) is 8.17. The van der Waals surface area contributed by atoms with Crippen molar-refractivity contribution in [2.24, 2.45) is 17.8 Å². The molecule has 1 aromatic carbocycles. The van der Waals surface area contributed by atoms with Gasteiger partial charge < -0.3 is 19.9 Å². The molecule has 2 aliphatic heterocycles. The van der Waals surface area contributed by atoms with Crippen LogP contribution in [0.15, 0.2) is 53.3 Å². The van der Waals surface area contributed by atoms with E-state index in [-0.39, 0.29) is 41.9 Å². The Labute approximate surface area is 168 Å². The molecular weight excluding hydrogens is 370 g/mol. The molecule has 29 heavy (non-hydrogen) atoms. The average molecular weight is 393 g/mol. The average Bonchev–Trinajstić information content (AvgIpc) is 3.43. The van der Waals surface area contributed by atoms with Crippen molar-refractivity contribution in [2.75, 3.05) is 11.9 Å². The summed E-state index contributed by atoms with van der Waals surface area (Å²) in [5, 5.41) is 13.1. The molecule has 3 aliphatic rings. The minimum atomic E-state index is -0.757. The highest BCUT2D eigenvalue weighted by molar-refractivity contribution is 5.98. The van der Waals surface area contributed by atoms with Crippen LogP contribution in [-0.4, -0.2) is 39.0 Å². The zero-order valence-corrected chi connectivity index (χ0v) is 15.9. The summed E-state index contributed by atoms with van der Waals surface area (Å²) in [7, 11) is 0. The third-order valence-electron chi connectivity index (χ3n) is 6.44. The number of nitrogens with one attached hydrogen (secondary N) is 1. The Hall–Kier alpha value is -2.93. The van der Waals surface area contributed by atoms with Gasteiger partial charge in [0.05, 0.1) is 6.04 Å². The van der Waals surface area contributed by atoms with E-state index in [9.17, 15) is 19.5 Å². The predicted octanol–water partition coefficient (Wildman–Crippen LogP) is 1.39. The van der Waals surface area contributed by atoms with Crippen LogP contribution in [0.4, 0.5) is 5.69 Å². The molecule has 1 aromatic heterocycles. The first-order chi connectivity index (χ1) is 14.1. The zero-order valence-electron chi connectivity index (χ0n) is 15.9. The molecule has 4 atom stereocenters. The molecule has 150 valence electrons. The van der Waals surface area contributed by atoms with Crippen LogP contribution in [0.5, 0.6) is 0 Å². The minimum Gasteiger partial charge on any atom is -0.396 e. The molecule has 0 unspecified atom stereocenters. The van der Waals surface area contributed by atoms with E-state index in [2.05, 4.69) is 5.32 Å². The molecule has 2 fully saturated rings. The second-order valence-corrected chi connectivity index (χ2v) is 8.17. The molecule has 0 radical (unpaired) electrons. The van der Waals surface area contributed by atoms with E-state index in [0.29, 0.717) is 12.2 Å². The Bertz CT molecular complexity index is 1010. The van der Waals surface area contributed by atoms with E-state index < -0.39 is 12.0 Å². The minimum absolute atomic E-state index is 0.0473. The Morgan fingerprint density at radius 2 is 1.83 bits per heavy atom. The van der Waals surface area contributed by atoms with Gasteiger partial charge in [-0.3, -0.25) is 14.4 Å². The largest absolute Gasteiger partial charge is 0.396 e. The van der Waals surface area contributed by atoms with E-state index in [0.717, 1.165) is 18.5 Å². The van der Waals surface area contributed by atoms with Crippen LogP contribution >= 0.6 is 0 Å². The van der Waals surface area contributed by atoms with E-state index in [4.69, 9.17) is 0 Å². The lowest BCUT2D eigenvalue weighted by atomic mass is 9.88. The van der Waals surface area contributed by atoms with Crippen molar-refractivity contribution in [1.29, 1.82) is 0 Å². The van der Waals surface area contributed by atoms with Gasteiger partial charge in [0.15, 0.2) is 0 Å². The van der Waals surface area contributed by atoms with Gasteiger partial charge in [-0.15, -0.1) is 0 Å². The van der Waals surface area contributed by atoms with E-state index in [1.165, 1.54) is 6.07 Å². The van der Waals surface area contributed by atoms with Gasteiger partial charge in [0.25, 0.3) is 5.56 Å². The maximum absolute atomic E-state index is 13.3. The Morgan fingerprint density at radius 1 is 1.07 bits per heavy atom. The summed E-state index contributed by atoms with van der Waals surface area (Å²) in [6.45, 7) is 0.194. The van der Waals surface area contributed by atoms with Crippen LogP contribution in [0.25, 0.3) is 0 Å². The summed E-state index contributed by atoms with van der Waals surface area (Å²) in [5.41, 5.74) is 1.30. The van der Waals surface area contributed by atoms with E-state index in [1.807, 2.05) is 24.3 Å². The number of rotatable bonds is 4. The molecule has 0 spiro atoms. The SMILES string of the molecule is O=C(Nc1ccccc1)[C@@H]1[C@@H](CO)[C@@H]2Cn3c(cccc3=O)[C@@H]2N1C(=O)C1CC1. The van der Waals surface area contributed by atoms with Gasteiger partial charge in [0.1, 0.15) is 6.04 Å². The summed E-state index contributed by atoms with van der Waals surface area (Å²) >= 11 is 0. The normalized spacial score (nSPS) is 27.4.